The molecule has 0 aliphatic rings. The molecule has 0 bridgehead atoms. The van der Waals surface area contributed by atoms with Crippen LogP contribution < -0.4 is 23.8 Å². The summed E-state index contributed by atoms with van der Waals surface area (Å²) in [4.78, 5) is 13.0. The summed E-state index contributed by atoms with van der Waals surface area (Å²) in [7, 11) is -1.25. The molecule has 0 radical (unpaired) electrons. The van der Waals surface area contributed by atoms with Crippen molar-refractivity contribution in [3.05, 3.63) is 71.8 Å². The lowest BCUT2D eigenvalue weighted by Gasteiger charge is -2.25. The Morgan fingerprint density at radius 1 is 0.886 bits per heavy atom. The monoisotopic (exact) mass is 498 g/mol. The summed E-state index contributed by atoms with van der Waals surface area (Å²) in [5, 5.41) is 2.81. The lowest BCUT2D eigenvalue weighted by molar-refractivity contribution is -0.114. The van der Waals surface area contributed by atoms with Gasteiger partial charge in [0.25, 0.3) is 10.0 Å². The molecule has 0 unspecified atom stereocenters. The zero-order valence-corrected chi connectivity index (χ0v) is 21.3. The lowest BCUT2D eigenvalue weighted by atomic mass is 10.1. The number of anilines is 2. The number of ether oxygens (including phenoxy) is 3. The van der Waals surface area contributed by atoms with E-state index < -0.39 is 22.5 Å². The summed E-state index contributed by atoms with van der Waals surface area (Å²) in [5.74, 6) is 0.777. The standard InChI is InChI=1S/C26H30N2O6S/c1-6-34-22-9-7-21(8-10-22)28(17-26(29)27-20-14-18(2)13-19(3)15-20)35(30,31)23-11-12-24(32-4)25(16-23)33-5/h7-16H,6,17H2,1-5H3,(H,27,29). The normalized spacial score (nSPS) is 11.0. The van der Waals surface area contributed by atoms with Crippen LogP contribution in [0.2, 0.25) is 0 Å². The van der Waals surface area contributed by atoms with Crippen molar-refractivity contribution in [2.75, 3.05) is 37.0 Å². The summed E-state index contributed by atoms with van der Waals surface area (Å²) >= 11 is 0. The molecule has 0 spiro atoms. The smallest absolute Gasteiger partial charge is 0.264 e. The van der Waals surface area contributed by atoms with Gasteiger partial charge in [-0.15, -0.1) is 0 Å². The molecule has 0 saturated heterocycles. The van der Waals surface area contributed by atoms with E-state index in [0.29, 0.717) is 29.5 Å². The molecule has 8 nitrogen and oxygen atoms in total. The maximum absolute atomic E-state index is 13.7. The number of hydrogen-bond donors (Lipinski definition) is 1. The number of carbonyl (C=O) groups is 1. The molecule has 186 valence electrons. The van der Waals surface area contributed by atoms with Gasteiger partial charge in [-0.3, -0.25) is 9.10 Å². The van der Waals surface area contributed by atoms with Gasteiger partial charge < -0.3 is 19.5 Å². The van der Waals surface area contributed by atoms with E-state index in [1.165, 1.54) is 32.4 Å². The number of carbonyl (C=O) groups excluding carboxylic acids is 1. The highest BCUT2D eigenvalue weighted by molar-refractivity contribution is 7.92. The van der Waals surface area contributed by atoms with E-state index in [1.807, 2.05) is 39.0 Å². The van der Waals surface area contributed by atoms with Crippen LogP contribution >= 0.6 is 0 Å². The molecule has 9 heteroatoms. The van der Waals surface area contributed by atoms with Crippen molar-refractivity contribution in [1.29, 1.82) is 0 Å². The Labute approximate surface area is 206 Å². The molecular weight excluding hydrogens is 468 g/mol. The number of methoxy groups -OCH3 is 2. The Hall–Kier alpha value is -3.72. The summed E-state index contributed by atoms with van der Waals surface area (Å²) < 4.78 is 44.5. The molecule has 3 aromatic rings. The predicted octanol–water partition coefficient (Wildman–Crippen LogP) is 4.55. The summed E-state index contributed by atoms with van der Waals surface area (Å²) in [6.07, 6.45) is 0. The second-order valence-electron chi connectivity index (χ2n) is 7.88. The molecule has 0 aromatic heterocycles. The van der Waals surface area contributed by atoms with E-state index in [1.54, 1.807) is 24.3 Å². The van der Waals surface area contributed by atoms with Gasteiger partial charge in [0.2, 0.25) is 5.91 Å². The second-order valence-corrected chi connectivity index (χ2v) is 9.74. The first kappa shape index (κ1) is 25.9. The minimum Gasteiger partial charge on any atom is -0.494 e. The average Bonchev–Trinajstić information content (AvgIpc) is 2.82. The Bertz CT molecular complexity index is 1270. The quantitative estimate of drug-likeness (QED) is 0.441. The van der Waals surface area contributed by atoms with Gasteiger partial charge in [-0.25, -0.2) is 8.42 Å². The predicted molar refractivity (Wildman–Crippen MR) is 136 cm³/mol. The molecule has 3 rings (SSSR count). The average molecular weight is 499 g/mol. The first-order valence-corrected chi connectivity index (χ1v) is 12.5. The van der Waals surface area contributed by atoms with E-state index >= 15 is 0 Å². The third-order valence-corrected chi connectivity index (χ3v) is 6.94. The summed E-state index contributed by atoms with van der Waals surface area (Å²) in [6, 6.07) is 16.5. The highest BCUT2D eigenvalue weighted by atomic mass is 32.2. The van der Waals surface area contributed by atoms with Crippen molar-refractivity contribution in [2.24, 2.45) is 0 Å². The number of nitrogens with one attached hydrogen (secondary N) is 1. The first-order chi connectivity index (χ1) is 16.7. The van der Waals surface area contributed by atoms with Crippen LogP contribution in [0.4, 0.5) is 11.4 Å². The van der Waals surface area contributed by atoms with Crippen LogP contribution in [0.5, 0.6) is 17.2 Å². The fourth-order valence-corrected chi connectivity index (χ4v) is 5.11. The number of sulfonamides is 1. The van der Waals surface area contributed by atoms with Crippen LogP contribution in [-0.4, -0.2) is 41.7 Å². The zero-order valence-electron chi connectivity index (χ0n) is 20.5. The molecular formula is C26H30N2O6S. The number of rotatable bonds is 10. The van der Waals surface area contributed by atoms with Gasteiger partial charge in [-0.1, -0.05) is 6.07 Å². The fourth-order valence-electron chi connectivity index (χ4n) is 3.67. The molecule has 0 aliphatic carbocycles. The number of nitrogens with zero attached hydrogens (tertiary/aromatic N) is 1. The van der Waals surface area contributed by atoms with Gasteiger partial charge in [0, 0.05) is 11.8 Å². The minimum absolute atomic E-state index is 0.0387. The molecule has 0 saturated carbocycles. The third kappa shape index (κ3) is 6.24. The van der Waals surface area contributed by atoms with E-state index in [2.05, 4.69) is 5.32 Å². The minimum atomic E-state index is -4.14. The van der Waals surface area contributed by atoms with Gasteiger partial charge in [-0.05, 0) is 80.4 Å². The first-order valence-electron chi connectivity index (χ1n) is 11.0. The zero-order chi connectivity index (χ0) is 25.6. The molecule has 0 heterocycles. The topological polar surface area (TPSA) is 94.2 Å². The Kier molecular flexibility index (Phi) is 8.24. The SMILES string of the molecule is CCOc1ccc(N(CC(=O)Nc2cc(C)cc(C)c2)S(=O)(=O)c2ccc(OC)c(OC)c2)cc1. The summed E-state index contributed by atoms with van der Waals surface area (Å²) in [5.41, 5.74) is 2.89. The molecule has 0 atom stereocenters. The summed E-state index contributed by atoms with van der Waals surface area (Å²) in [6.45, 7) is 5.76. The maximum atomic E-state index is 13.7. The molecule has 0 fully saturated rings. The van der Waals surface area contributed by atoms with Crippen LogP contribution in [0, 0.1) is 13.8 Å². The van der Waals surface area contributed by atoms with Gasteiger partial charge in [0.1, 0.15) is 12.3 Å². The molecule has 1 amide bonds. The van der Waals surface area contributed by atoms with Crippen molar-refractivity contribution in [2.45, 2.75) is 25.7 Å². The Morgan fingerprint density at radius 3 is 2.09 bits per heavy atom. The van der Waals surface area contributed by atoms with Gasteiger partial charge >= 0.3 is 0 Å². The Balaban J connectivity index is 1.99. The van der Waals surface area contributed by atoms with E-state index in [0.717, 1.165) is 15.4 Å². The highest BCUT2D eigenvalue weighted by Gasteiger charge is 2.28. The van der Waals surface area contributed by atoms with Crippen molar-refractivity contribution in [3.63, 3.8) is 0 Å². The van der Waals surface area contributed by atoms with Crippen LogP contribution in [0.3, 0.4) is 0 Å². The van der Waals surface area contributed by atoms with Crippen molar-refractivity contribution < 1.29 is 27.4 Å². The molecule has 3 aromatic carbocycles. The molecule has 1 N–H and O–H groups in total. The van der Waals surface area contributed by atoms with Crippen LogP contribution in [0.15, 0.2) is 65.6 Å². The number of benzene rings is 3. The van der Waals surface area contributed by atoms with Crippen LogP contribution in [0.25, 0.3) is 0 Å². The van der Waals surface area contributed by atoms with Gasteiger partial charge in [0.15, 0.2) is 11.5 Å². The van der Waals surface area contributed by atoms with Crippen LogP contribution in [0.1, 0.15) is 18.1 Å². The van der Waals surface area contributed by atoms with E-state index in [-0.39, 0.29) is 10.6 Å². The van der Waals surface area contributed by atoms with E-state index in [4.69, 9.17) is 14.2 Å². The maximum Gasteiger partial charge on any atom is 0.264 e. The second kappa shape index (κ2) is 11.1. The molecule has 35 heavy (non-hydrogen) atoms. The van der Waals surface area contributed by atoms with Gasteiger partial charge in [-0.2, -0.15) is 0 Å². The Morgan fingerprint density at radius 2 is 1.51 bits per heavy atom. The van der Waals surface area contributed by atoms with Crippen molar-refractivity contribution >= 4 is 27.3 Å². The lowest BCUT2D eigenvalue weighted by Crippen LogP contribution is -2.38. The van der Waals surface area contributed by atoms with E-state index in [9.17, 15) is 13.2 Å². The number of hydrogen-bond acceptors (Lipinski definition) is 6. The van der Waals surface area contributed by atoms with Crippen molar-refractivity contribution in [3.8, 4) is 17.2 Å². The van der Waals surface area contributed by atoms with Gasteiger partial charge in [0.05, 0.1) is 31.4 Å². The van der Waals surface area contributed by atoms with Crippen LogP contribution in [-0.2, 0) is 14.8 Å². The number of aryl methyl sites for hydroxylation is 2. The highest BCUT2D eigenvalue weighted by Crippen LogP contribution is 2.32. The number of amides is 1. The largest absolute Gasteiger partial charge is 0.494 e. The molecule has 0 aliphatic heterocycles. The third-order valence-electron chi connectivity index (χ3n) is 5.17. The fraction of sp³-hybridized carbons (Fsp3) is 0.269. The van der Waals surface area contributed by atoms with Crippen molar-refractivity contribution in [1.82, 2.24) is 0 Å².